The lowest BCUT2D eigenvalue weighted by Gasteiger charge is -2.38. The maximum Gasteiger partial charge on any atom is 0.274 e. The molecule has 1 amide bonds. The first-order chi connectivity index (χ1) is 11.1. The highest BCUT2D eigenvalue weighted by Crippen LogP contribution is 2.38. The van der Waals surface area contributed by atoms with Crippen LogP contribution < -0.4 is 10.1 Å². The highest BCUT2D eigenvalue weighted by Gasteiger charge is 2.36. The smallest absolute Gasteiger partial charge is 0.274 e. The molecule has 8 heteroatoms. The van der Waals surface area contributed by atoms with Crippen LogP contribution in [0.1, 0.15) is 40.6 Å². The fourth-order valence-corrected chi connectivity index (χ4v) is 2.80. The molecule has 3 rings (SSSR count). The summed E-state index contributed by atoms with van der Waals surface area (Å²) < 4.78 is 5.20. The Morgan fingerprint density at radius 3 is 2.83 bits per heavy atom. The Kier molecular flexibility index (Phi) is 4.24. The van der Waals surface area contributed by atoms with E-state index >= 15 is 0 Å². The van der Waals surface area contributed by atoms with Gasteiger partial charge in [0, 0.05) is 6.20 Å². The number of rotatable bonds is 5. The molecule has 0 bridgehead atoms. The van der Waals surface area contributed by atoms with Crippen molar-refractivity contribution in [3.63, 3.8) is 0 Å². The van der Waals surface area contributed by atoms with Crippen molar-refractivity contribution in [3.05, 3.63) is 35.4 Å². The number of pyridine rings is 1. The molecule has 2 aromatic rings. The van der Waals surface area contributed by atoms with Crippen molar-refractivity contribution >= 4 is 5.91 Å². The standard InChI is InChI=1S/C15H19N5O3/c1-8-13(19-20-18-8)15(22)17-14(9-3-11(21)4-9)10-5-12(23-2)7-16-6-10/h5-7,9,11,14,21H,3-4H2,1-2H3,(H,17,22)(H,18,19,20)/t9?,11?,14-/m1/s1. The van der Waals surface area contributed by atoms with Gasteiger partial charge in [-0.05, 0) is 37.3 Å². The van der Waals surface area contributed by atoms with Crippen LogP contribution in [-0.2, 0) is 0 Å². The SMILES string of the molecule is COc1cncc([C@H](NC(=O)c2n[nH]nc2C)C2CC(O)C2)c1. The zero-order chi connectivity index (χ0) is 16.4. The van der Waals surface area contributed by atoms with Gasteiger partial charge in [-0.3, -0.25) is 9.78 Å². The summed E-state index contributed by atoms with van der Waals surface area (Å²) in [6.45, 7) is 1.72. The van der Waals surface area contributed by atoms with Crippen molar-refractivity contribution < 1.29 is 14.6 Å². The minimum atomic E-state index is -0.313. The number of carbonyl (C=O) groups is 1. The van der Waals surface area contributed by atoms with Gasteiger partial charge >= 0.3 is 0 Å². The number of nitrogens with one attached hydrogen (secondary N) is 2. The van der Waals surface area contributed by atoms with Crippen LogP contribution in [0.5, 0.6) is 5.75 Å². The van der Waals surface area contributed by atoms with Crippen LogP contribution in [0.4, 0.5) is 0 Å². The molecule has 1 aliphatic carbocycles. The Morgan fingerprint density at radius 2 is 2.22 bits per heavy atom. The average molecular weight is 317 g/mol. The predicted molar refractivity (Wildman–Crippen MR) is 80.8 cm³/mol. The fourth-order valence-electron chi connectivity index (χ4n) is 2.80. The zero-order valence-corrected chi connectivity index (χ0v) is 13.0. The molecule has 0 unspecified atom stereocenters. The van der Waals surface area contributed by atoms with Crippen molar-refractivity contribution in [3.8, 4) is 5.75 Å². The number of methoxy groups -OCH3 is 1. The normalized spacial score (nSPS) is 21.3. The number of aliphatic hydroxyl groups excluding tert-OH is 1. The van der Waals surface area contributed by atoms with E-state index in [0.717, 1.165) is 5.56 Å². The lowest BCUT2D eigenvalue weighted by molar-refractivity contribution is 0.0234. The van der Waals surface area contributed by atoms with Crippen LogP contribution in [0, 0.1) is 12.8 Å². The van der Waals surface area contributed by atoms with Crippen LogP contribution in [0.3, 0.4) is 0 Å². The minimum Gasteiger partial charge on any atom is -0.495 e. The molecule has 8 nitrogen and oxygen atoms in total. The highest BCUT2D eigenvalue weighted by molar-refractivity contribution is 5.93. The predicted octanol–water partition coefficient (Wildman–Crippen LogP) is 0.759. The summed E-state index contributed by atoms with van der Waals surface area (Å²) in [6, 6.07) is 1.59. The van der Waals surface area contributed by atoms with Crippen LogP contribution in [0.2, 0.25) is 0 Å². The Labute approximate surface area is 133 Å². The van der Waals surface area contributed by atoms with Gasteiger partial charge in [0.2, 0.25) is 0 Å². The number of amides is 1. The molecule has 1 fully saturated rings. The lowest BCUT2D eigenvalue weighted by atomic mass is 9.75. The number of carbonyl (C=O) groups excluding carboxylic acids is 1. The molecule has 122 valence electrons. The number of hydrogen-bond donors (Lipinski definition) is 3. The average Bonchev–Trinajstić information content (AvgIpc) is 2.96. The number of aliphatic hydroxyl groups is 1. The molecule has 3 N–H and O–H groups in total. The number of hydrogen-bond acceptors (Lipinski definition) is 6. The van der Waals surface area contributed by atoms with E-state index in [-0.39, 0.29) is 29.7 Å². The molecule has 23 heavy (non-hydrogen) atoms. The summed E-state index contributed by atoms with van der Waals surface area (Å²) in [6.07, 6.45) is 4.28. The zero-order valence-electron chi connectivity index (χ0n) is 13.0. The first-order valence-electron chi connectivity index (χ1n) is 7.43. The first-order valence-corrected chi connectivity index (χ1v) is 7.43. The maximum absolute atomic E-state index is 12.4. The second-order valence-corrected chi connectivity index (χ2v) is 5.75. The second kappa shape index (κ2) is 6.33. The first kappa shape index (κ1) is 15.4. The van der Waals surface area contributed by atoms with Crippen molar-refractivity contribution in [1.29, 1.82) is 0 Å². The monoisotopic (exact) mass is 317 g/mol. The van der Waals surface area contributed by atoms with Crippen LogP contribution >= 0.6 is 0 Å². The lowest BCUT2D eigenvalue weighted by Crippen LogP contribution is -2.41. The van der Waals surface area contributed by atoms with Crippen molar-refractivity contribution in [2.45, 2.75) is 31.9 Å². The van der Waals surface area contributed by atoms with Gasteiger partial charge < -0.3 is 15.2 Å². The third-order valence-electron chi connectivity index (χ3n) is 4.17. The summed E-state index contributed by atoms with van der Waals surface area (Å²) in [7, 11) is 1.57. The van der Waals surface area contributed by atoms with E-state index in [1.165, 1.54) is 0 Å². The number of aryl methyl sites for hydroxylation is 1. The third-order valence-corrected chi connectivity index (χ3v) is 4.17. The fraction of sp³-hybridized carbons (Fsp3) is 0.467. The second-order valence-electron chi connectivity index (χ2n) is 5.75. The summed E-state index contributed by atoms with van der Waals surface area (Å²) >= 11 is 0. The molecule has 0 spiro atoms. The van der Waals surface area contributed by atoms with Gasteiger partial charge in [0.25, 0.3) is 5.91 Å². The maximum atomic E-state index is 12.4. The minimum absolute atomic E-state index is 0.148. The molecule has 2 heterocycles. The van der Waals surface area contributed by atoms with Crippen molar-refractivity contribution in [2.75, 3.05) is 7.11 Å². The molecule has 1 aliphatic rings. The van der Waals surface area contributed by atoms with E-state index in [9.17, 15) is 9.90 Å². The van der Waals surface area contributed by atoms with Crippen LogP contribution in [0.15, 0.2) is 18.5 Å². The molecule has 1 atom stereocenters. The summed E-state index contributed by atoms with van der Waals surface area (Å²) in [5.41, 5.74) is 1.65. The molecule has 0 saturated heterocycles. The van der Waals surface area contributed by atoms with Crippen molar-refractivity contribution in [1.82, 2.24) is 25.7 Å². The van der Waals surface area contributed by atoms with Gasteiger partial charge in [-0.15, -0.1) is 0 Å². The third kappa shape index (κ3) is 3.16. The van der Waals surface area contributed by atoms with Gasteiger partial charge in [-0.1, -0.05) is 0 Å². The van der Waals surface area contributed by atoms with Crippen molar-refractivity contribution in [2.24, 2.45) is 5.92 Å². The molecular weight excluding hydrogens is 298 g/mol. The van der Waals surface area contributed by atoms with Gasteiger partial charge in [-0.2, -0.15) is 15.4 Å². The molecule has 0 aromatic carbocycles. The van der Waals surface area contributed by atoms with E-state index in [0.29, 0.717) is 24.3 Å². The van der Waals surface area contributed by atoms with E-state index in [1.807, 2.05) is 6.07 Å². The van der Waals surface area contributed by atoms with Gasteiger partial charge in [0.05, 0.1) is 31.1 Å². The molecule has 0 radical (unpaired) electrons. The Hall–Kier alpha value is -2.48. The van der Waals surface area contributed by atoms with Crippen LogP contribution in [-0.4, -0.2) is 44.6 Å². The number of ether oxygens (including phenoxy) is 1. The molecule has 1 saturated carbocycles. The number of aromatic nitrogens is 4. The molecule has 2 aromatic heterocycles. The Morgan fingerprint density at radius 1 is 1.43 bits per heavy atom. The number of nitrogens with zero attached hydrogens (tertiary/aromatic N) is 3. The van der Waals surface area contributed by atoms with Crippen LogP contribution in [0.25, 0.3) is 0 Å². The van der Waals surface area contributed by atoms with E-state index in [2.05, 4.69) is 25.7 Å². The number of H-pyrrole nitrogens is 1. The van der Waals surface area contributed by atoms with E-state index < -0.39 is 0 Å². The van der Waals surface area contributed by atoms with E-state index in [1.54, 1.807) is 26.4 Å². The summed E-state index contributed by atoms with van der Waals surface area (Å²) in [5, 5.41) is 22.8. The topological polar surface area (TPSA) is 113 Å². The Bertz CT molecular complexity index is 696. The molecular formula is C15H19N5O3. The Balaban J connectivity index is 1.84. The highest BCUT2D eigenvalue weighted by atomic mass is 16.5. The quantitative estimate of drug-likeness (QED) is 0.750. The largest absolute Gasteiger partial charge is 0.495 e. The summed E-state index contributed by atoms with van der Waals surface area (Å²) in [4.78, 5) is 16.6. The number of aromatic amines is 1. The molecule has 0 aliphatic heterocycles. The summed E-state index contributed by atoms with van der Waals surface area (Å²) in [5.74, 6) is 0.472. The van der Waals surface area contributed by atoms with Gasteiger partial charge in [0.1, 0.15) is 5.75 Å². The van der Waals surface area contributed by atoms with Gasteiger partial charge in [0.15, 0.2) is 5.69 Å². The van der Waals surface area contributed by atoms with Gasteiger partial charge in [-0.25, -0.2) is 0 Å². The van der Waals surface area contributed by atoms with E-state index in [4.69, 9.17) is 4.74 Å².